The van der Waals surface area contributed by atoms with E-state index in [-0.39, 0.29) is 36.0 Å². The predicted octanol–water partition coefficient (Wildman–Crippen LogP) is -0.580. The van der Waals surface area contributed by atoms with Crippen LogP contribution in [0.1, 0.15) is 41.5 Å². The molecule has 0 aromatic heterocycles. The van der Waals surface area contributed by atoms with E-state index in [0.29, 0.717) is 0 Å². The third-order valence-electron chi connectivity index (χ3n) is 2.81. The van der Waals surface area contributed by atoms with E-state index in [1.54, 1.807) is 0 Å². The van der Waals surface area contributed by atoms with Crippen LogP contribution in [0.4, 0.5) is 0 Å². The smallest absolute Gasteiger partial charge is 1.00 e. The molecule has 0 saturated carbocycles. The number of benzene rings is 2. The standard InChI is InChI=1S/2C10H14O2.2ClH.Zr/c2*1-10(2,3)12-9-6-4-8(11)5-7-9;;;/h2*4-7,11H,1-3H3;2*1H;/q;;;;+4/p-4. The zero-order valence-electron chi connectivity index (χ0n) is 16.5. The van der Waals surface area contributed by atoms with Gasteiger partial charge in [0, 0.05) is 0 Å². The van der Waals surface area contributed by atoms with Gasteiger partial charge >= 0.3 is 163 Å². The fraction of sp³-hybridized carbons (Fsp3) is 0.400. The van der Waals surface area contributed by atoms with Crippen LogP contribution < -0.4 is 39.9 Å². The molecule has 4 nitrogen and oxygen atoms in total. The Kier molecular flexibility index (Phi) is 10.8. The van der Waals surface area contributed by atoms with Crippen molar-refractivity contribution in [1.29, 1.82) is 0 Å². The molecule has 0 saturated heterocycles. The third kappa shape index (κ3) is 10.9. The maximum Gasteiger partial charge on any atom is -1.00 e. The number of halogens is 2. The monoisotopic (exact) mass is 490 g/mol. The van der Waals surface area contributed by atoms with Crippen molar-refractivity contribution in [3.8, 4) is 23.0 Å². The van der Waals surface area contributed by atoms with Crippen LogP contribution in [0.2, 0.25) is 0 Å². The number of hydrogen-bond donors (Lipinski definition) is 0. The van der Waals surface area contributed by atoms with Crippen LogP contribution in [-0.4, -0.2) is 11.2 Å². The molecule has 2 aromatic rings. The minimum absolute atomic E-state index is 0. The molecule has 0 atom stereocenters. The Morgan fingerprint density at radius 3 is 1.04 bits per heavy atom. The van der Waals surface area contributed by atoms with Gasteiger partial charge in [0.1, 0.15) is 0 Å². The molecule has 0 fully saturated rings. The van der Waals surface area contributed by atoms with Crippen LogP contribution in [0, 0.1) is 0 Å². The van der Waals surface area contributed by atoms with Gasteiger partial charge < -0.3 is 24.8 Å². The van der Waals surface area contributed by atoms with E-state index in [2.05, 4.69) is 0 Å². The summed E-state index contributed by atoms with van der Waals surface area (Å²) in [5, 5.41) is 0. The molecular weight excluding hydrogens is 466 g/mol. The molecule has 0 heterocycles. The first kappa shape index (κ1) is 26.1. The topological polar surface area (TPSA) is 36.9 Å². The second kappa shape index (κ2) is 11.2. The minimum atomic E-state index is -1.45. The number of ether oxygens (including phenoxy) is 2. The molecule has 27 heavy (non-hydrogen) atoms. The summed E-state index contributed by atoms with van der Waals surface area (Å²) in [7, 11) is 0. The first-order valence-electron chi connectivity index (χ1n) is 8.28. The fourth-order valence-electron chi connectivity index (χ4n) is 1.98. The molecule has 2 aromatic carbocycles. The van der Waals surface area contributed by atoms with Gasteiger partial charge in [-0.25, -0.2) is 0 Å². The summed E-state index contributed by atoms with van der Waals surface area (Å²) in [6, 6.07) is 15.3. The number of rotatable bonds is 6. The summed E-state index contributed by atoms with van der Waals surface area (Å²) in [5.74, 6) is 3.28. The van der Waals surface area contributed by atoms with E-state index < -0.39 is 24.1 Å². The van der Waals surface area contributed by atoms with Gasteiger partial charge in [0.25, 0.3) is 0 Å². The maximum atomic E-state index is 5.79. The fourth-order valence-corrected chi connectivity index (χ4v) is 3.22. The van der Waals surface area contributed by atoms with E-state index in [1.165, 1.54) is 0 Å². The Labute approximate surface area is 187 Å². The van der Waals surface area contributed by atoms with E-state index in [9.17, 15) is 0 Å². The molecule has 0 unspecified atom stereocenters. The predicted molar refractivity (Wildman–Crippen MR) is 94.9 cm³/mol. The second-order valence-corrected chi connectivity index (χ2v) is 9.07. The number of hydrogen-bond acceptors (Lipinski definition) is 4. The van der Waals surface area contributed by atoms with Gasteiger partial charge in [0.15, 0.2) is 0 Å². The van der Waals surface area contributed by atoms with E-state index in [4.69, 9.17) is 15.1 Å². The Morgan fingerprint density at radius 1 is 0.519 bits per heavy atom. The van der Waals surface area contributed by atoms with Crippen molar-refractivity contribution in [2.75, 3.05) is 0 Å². The average molecular weight is 493 g/mol. The zero-order valence-corrected chi connectivity index (χ0v) is 20.5. The summed E-state index contributed by atoms with van der Waals surface area (Å²) in [6.45, 7) is 12.2. The Bertz CT molecular complexity index is 603. The van der Waals surface area contributed by atoms with E-state index in [1.807, 2.05) is 90.1 Å². The van der Waals surface area contributed by atoms with Crippen molar-refractivity contribution in [2.45, 2.75) is 52.7 Å². The van der Waals surface area contributed by atoms with Crippen LogP contribution in [0.25, 0.3) is 0 Å². The summed E-state index contributed by atoms with van der Waals surface area (Å²) >= 11 is -1.45. The van der Waals surface area contributed by atoms with Crippen LogP contribution in [0.5, 0.6) is 23.0 Å². The SMILES string of the molecule is CC(C)(C)Oc1ccc([O][Zr+2][O]c2ccc(OC(C)(C)C)cc2)cc1.[Cl-].[Cl-]. The van der Waals surface area contributed by atoms with Crippen molar-refractivity contribution < 1.29 is 64.0 Å². The van der Waals surface area contributed by atoms with Gasteiger partial charge in [-0.1, -0.05) is 0 Å². The molecule has 0 bridgehead atoms. The molecule has 0 aliphatic rings. The van der Waals surface area contributed by atoms with E-state index >= 15 is 0 Å². The molecule has 0 aliphatic heterocycles. The molecule has 2 rings (SSSR count). The summed E-state index contributed by atoms with van der Waals surface area (Å²) < 4.78 is 23.1. The largest absolute Gasteiger partial charge is 1.00 e. The van der Waals surface area contributed by atoms with Crippen LogP contribution in [-0.2, 0) is 24.1 Å². The third-order valence-corrected chi connectivity index (χ3v) is 4.38. The van der Waals surface area contributed by atoms with E-state index in [0.717, 1.165) is 23.0 Å². The molecule has 7 heteroatoms. The van der Waals surface area contributed by atoms with Crippen molar-refractivity contribution in [3.63, 3.8) is 0 Å². The second-order valence-electron chi connectivity index (χ2n) is 7.66. The minimum Gasteiger partial charge on any atom is -1.00 e. The first-order valence-corrected chi connectivity index (χ1v) is 10.3. The molecule has 0 aliphatic carbocycles. The van der Waals surface area contributed by atoms with Crippen molar-refractivity contribution in [3.05, 3.63) is 48.5 Å². The van der Waals surface area contributed by atoms with Gasteiger partial charge in [0.2, 0.25) is 0 Å². The maximum absolute atomic E-state index is 5.79. The molecule has 0 spiro atoms. The van der Waals surface area contributed by atoms with Gasteiger partial charge in [-0.15, -0.1) is 0 Å². The Morgan fingerprint density at radius 2 is 0.778 bits per heavy atom. The van der Waals surface area contributed by atoms with Crippen LogP contribution in [0.15, 0.2) is 48.5 Å². The first-order chi connectivity index (χ1) is 11.6. The molecule has 0 N–H and O–H groups in total. The molecule has 148 valence electrons. The molecule has 0 amide bonds. The quantitative estimate of drug-likeness (QED) is 0.541. The van der Waals surface area contributed by atoms with Crippen LogP contribution in [0.3, 0.4) is 0 Å². The summed E-state index contributed by atoms with van der Waals surface area (Å²) in [6.07, 6.45) is 0. The Hall–Kier alpha value is -0.897. The van der Waals surface area contributed by atoms with Crippen molar-refractivity contribution >= 4 is 0 Å². The van der Waals surface area contributed by atoms with Crippen molar-refractivity contribution in [2.24, 2.45) is 0 Å². The zero-order chi connectivity index (χ0) is 18.5. The van der Waals surface area contributed by atoms with Gasteiger partial charge in [-0.3, -0.25) is 0 Å². The average Bonchev–Trinajstić information content (AvgIpc) is 2.48. The summed E-state index contributed by atoms with van der Waals surface area (Å²) in [4.78, 5) is 0. The summed E-state index contributed by atoms with van der Waals surface area (Å²) in [5.41, 5.74) is -0.407. The molecular formula is C20H26Cl2O4Zr. The van der Waals surface area contributed by atoms with Gasteiger partial charge in [-0.05, 0) is 0 Å². The van der Waals surface area contributed by atoms with Gasteiger partial charge in [0.05, 0.1) is 0 Å². The van der Waals surface area contributed by atoms with Gasteiger partial charge in [-0.2, -0.15) is 0 Å². The Balaban J connectivity index is 0.00000338. The normalized spacial score (nSPS) is 10.6. The molecule has 0 radical (unpaired) electrons. The van der Waals surface area contributed by atoms with Crippen molar-refractivity contribution in [1.82, 2.24) is 0 Å². The van der Waals surface area contributed by atoms with Crippen LogP contribution >= 0.6 is 0 Å².